The third-order valence-corrected chi connectivity index (χ3v) is 6.05. The van der Waals surface area contributed by atoms with E-state index in [4.69, 9.17) is 11.6 Å². The van der Waals surface area contributed by atoms with E-state index in [-0.39, 0.29) is 23.6 Å². The zero-order valence-electron chi connectivity index (χ0n) is 18.2. The average molecular weight is 472 g/mol. The largest absolute Gasteiger partial charge is 0.342 e. The molecule has 9 heteroatoms. The number of hydrogen-bond donors (Lipinski definition) is 2. The van der Waals surface area contributed by atoms with Gasteiger partial charge in [0.2, 0.25) is 5.91 Å². The molecule has 0 saturated carbocycles. The Bertz CT molecular complexity index is 1070. The van der Waals surface area contributed by atoms with E-state index in [1.807, 2.05) is 41.9 Å². The minimum absolute atomic E-state index is 0.128. The smallest absolute Gasteiger partial charge is 0.253 e. The number of para-hydroxylation sites is 1. The van der Waals surface area contributed by atoms with E-state index in [0.717, 1.165) is 5.69 Å². The zero-order chi connectivity index (χ0) is 23.1. The number of rotatable bonds is 9. The molecule has 0 unspecified atom stereocenters. The molecular formula is C23H26ClN5O2S. The first-order valence-corrected chi connectivity index (χ1v) is 11.6. The molecule has 2 amide bonds. The summed E-state index contributed by atoms with van der Waals surface area (Å²) in [5, 5.41) is 15.4. The quantitative estimate of drug-likeness (QED) is 0.441. The molecular weight excluding hydrogens is 446 g/mol. The normalized spacial score (nSPS) is 11.9. The van der Waals surface area contributed by atoms with Crippen LogP contribution in [0.3, 0.4) is 0 Å². The third-order valence-electron chi connectivity index (χ3n) is 4.70. The number of anilines is 1. The maximum atomic E-state index is 12.8. The molecule has 0 spiro atoms. The monoisotopic (exact) mass is 471 g/mol. The highest BCUT2D eigenvalue weighted by molar-refractivity contribution is 7.99. The first-order chi connectivity index (χ1) is 15.3. The van der Waals surface area contributed by atoms with Gasteiger partial charge in [0, 0.05) is 12.7 Å². The van der Waals surface area contributed by atoms with E-state index >= 15 is 0 Å². The Kier molecular flexibility index (Phi) is 8.30. The lowest BCUT2D eigenvalue weighted by molar-refractivity contribution is -0.113. The minimum atomic E-state index is -0.344. The van der Waals surface area contributed by atoms with Gasteiger partial charge in [0.15, 0.2) is 11.0 Å². The Labute approximate surface area is 197 Å². The maximum Gasteiger partial charge on any atom is 0.253 e. The maximum absolute atomic E-state index is 12.8. The first-order valence-electron chi connectivity index (χ1n) is 10.3. The van der Waals surface area contributed by atoms with Crippen molar-refractivity contribution in [2.24, 2.45) is 13.0 Å². The number of benzene rings is 2. The van der Waals surface area contributed by atoms with Crippen molar-refractivity contribution >= 4 is 40.9 Å². The Morgan fingerprint density at radius 1 is 1.06 bits per heavy atom. The Morgan fingerprint density at radius 2 is 1.75 bits per heavy atom. The molecule has 2 aromatic carbocycles. The lowest BCUT2D eigenvalue weighted by Crippen LogP contribution is -2.31. The Hall–Kier alpha value is -2.84. The Balaban J connectivity index is 1.69. The van der Waals surface area contributed by atoms with Crippen molar-refractivity contribution in [1.82, 2.24) is 20.1 Å². The van der Waals surface area contributed by atoms with Crippen LogP contribution in [0.15, 0.2) is 59.8 Å². The summed E-state index contributed by atoms with van der Waals surface area (Å²) in [6, 6.07) is 15.9. The second-order valence-electron chi connectivity index (χ2n) is 7.74. The number of thioether (sulfide) groups is 1. The van der Waals surface area contributed by atoms with Crippen LogP contribution in [0.4, 0.5) is 5.69 Å². The number of carbonyl (C=O) groups excluding carboxylic acids is 2. The van der Waals surface area contributed by atoms with Crippen LogP contribution in [-0.4, -0.2) is 32.3 Å². The van der Waals surface area contributed by atoms with Crippen molar-refractivity contribution in [2.75, 3.05) is 11.1 Å². The summed E-state index contributed by atoms with van der Waals surface area (Å²) >= 11 is 7.48. The molecule has 0 aliphatic heterocycles. The van der Waals surface area contributed by atoms with Gasteiger partial charge in [-0.3, -0.25) is 9.59 Å². The van der Waals surface area contributed by atoms with Crippen molar-refractivity contribution in [3.05, 3.63) is 71.0 Å². The second kappa shape index (κ2) is 11.2. The summed E-state index contributed by atoms with van der Waals surface area (Å²) in [5.41, 5.74) is 1.16. The SMILES string of the molecule is CC(C)C[C@@H](NC(=O)c1ccccc1Cl)c1nnc(SCC(=O)Nc2ccccc2)n1C. The van der Waals surface area contributed by atoms with Crippen LogP contribution in [0.2, 0.25) is 5.02 Å². The van der Waals surface area contributed by atoms with E-state index < -0.39 is 0 Å². The van der Waals surface area contributed by atoms with E-state index in [9.17, 15) is 9.59 Å². The van der Waals surface area contributed by atoms with Crippen molar-refractivity contribution < 1.29 is 9.59 Å². The van der Waals surface area contributed by atoms with Gasteiger partial charge in [-0.25, -0.2) is 0 Å². The van der Waals surface area contributed by atoms with Crippen LogP contribution >= 0.6 is 23.4 Å². The molecule has 7 nitrogen and oxygen atoms in total. The molecule has 0 aliphatic rings. The van der Waals surface area contributed by atoms with Gasteiger partial charge in [-0.15, -0.1) is 10.2 Å². The van der Waals surface area contributed by atoms with Gasteiger partial charge >= 0.3 is 0 Å². The summed E-state index contributed by atoms with van der Waals surface area (Å²) < 4.78 is 1.82. The lowest BCUT2D eigenvalue weighted by Gasteiger charge is -2.20. The van der Waals surface area contributed by atoms with Crippen LogP contribution in [0, 0.1) is 5.92 Å². The number of amides is 2. The molecule has 3 aromatic rings. The minimum Gasteiger partial charge on any atom is -0.342 e. The third kappa shape index (κ3) is 6.34. The molecule has 1 aromatic heterocycles. The number of carbonyl (C=O) groups is 2. The van der Waals surface area contributed by atoms with Crippen LogP contribution in [0.1, 0.15) is 42.5 Å². The van der Waals surface area contributed by atoms with Crippen LogP contribution in [0.25, 0.3) is 0 Å². The predicted octanol–water partition coefficient (Wildman–Crippen LogP) is 4.72. The lowest BCUT2D eigenvalue weighted by atomic mass is 10.0. The summed E-state index contributed by atoms with van der Waals surface area (Å²) in [5.74, 6) is 0.750. The number of nitrogens with one attached hydrogen (secondary N) is 2. The van der Waals surface area contributed by atoms with Crippen molar-refractivity contribution in [3.63, 3.8) is 0 Å². The zero-order valence-corrected chi connectivity index (χ0v) is 19.8. The fraction of sp³-hybridized carbons (Fsp3) is 0.304. The topological polar surface area (TPSA) is 88.9 Å². The highest BCUT2D eigenvalue weighted by Gasteiger charge is 2.24. The summed E-state index contributed by atoms with van der Waals surface area (Å²) in [6.45, 7) is 4.16. The van der Waals surface area contributed by atoms with Gasteiger partial charge in [0.05, 0.1) is 22.4 Å². The molecule has 2 N–H and O–H groups in total. The molecule has 0 aliphatic carbocycles. The molecule has 3 rings (SSSR count). The summed E-state index contributed by atoms with van der Waals surface area (Å²) in [7, 11) is 1.84. The number of aromatic nitrogens is 3. The average Bonchev–Trinajstić information content (AvgIpc) is 3.12. The van der Waals surface area contributed by atoms with Crippen molar-refractivity contribution in [3.8, 4) is 0 Å². The van der Waals surface area contributed by atoms with Crippen LogP contribution in [-0.2, 0) is 11.8 Å². The molecule has 1 heterocycles. The van der Waals surface area contributed by atoms with E-state index in [1.165, 1.54) is 11.8 Å². The molecule has 1 atom stereocenters. The van der Waals surface area contributed by atoms with E-state index in [2.05, 4.69) is 34.7 Å². The van der Waals surface area contributed by atoms with Crippen LogP contribution < -0.4 is 10.6 Å². The first kappa shape index (κ1) is 23.8. The molecule has 0 radical (unpaired) electrons. The van der Waals surface area contributed by atoms with Crippen molar-refractivity contribution in [2.45, 2.75) is 31.5 Å². The number of nitrogens with zero attached hydrogens (tertiary/aromatic N) is 3. The molecule has 0 fully saturated rings. The van der Waals surface area contributed by atoms with Gasteiger partial charge < -0.3 is 15.2 Å². The Morgan fingerprint density at radius 3 is 2.44 bits per heavy atom. The van der Waals surface area contributed by atoms with E-state index in [1.54, 1.807) is 24.3 Å². The van der Waals surface area contributed by atoms with Gasteiger partial charge in [-0.05, 0) is 36.6 Å². The summed E-state index contributed by atoms with van der Waals surface area (Å²) in [4.78, 5) is 25.1. The fourth-order valence-corrected chi connectivity index (χ4v) is 4.13. The van der Waals surface area contributed by atoms with Gasteiger partial charge in [-0.2, -0.15) is 0 Å². The van der Waals surface area contributed by atoms with Gasteiger partial charge in [0.1, 0.15) is 0 Å². The van der Waals surface area contributed by atoms with Gasteiger partial charge in [0.25, 0.3) is 5.91 Å². The number of hydrogen-bond acceptors (Lipinski definition) is 5. The molecule has 32 heavy (non-hydrogen) atoms. The molecule has 0 saturated heterocycles. The number of halogens is 1. The standard InChI is InChI=1S/C23H26ClN5O2S/c1-15(2)13-19(26-22(31)17-11-7-8-12-18(17)24)21-27-28-23(29(21)3)32-14-20(30)25-16-9-5-4-6-10-16/h4-12,15,19H,13-14H2,1-3H3,(H,25,30)(H,26,31)/t19-/m1/s1. The van der Waals surface area contributed by atoms with Crippen LogP contribution in [0.5, 0.6) is 0 Å². The second-order valence-corrected chi connectivity index (χ2v) is 9.09. The highest BCUT2D eigenvalue weighted by Crippen LogP contribution is 2.25. The highest BCUT2D eigenvalue weighted by atomic mass is 35.5. The summed E-state index contributed by atoms with van der Waals surface area (Å²) in [6.07, 6.45) is 0.682. The van der Waals surface area contributed by atoms with E-state index in [0.29, 0.717) is 33.9 Å². The molecule has 0 bridgehead atoms. The van der Waals surface area contributed by atoms with Crippen molar-refractivity contribution in [1.29, 1.82) is 0 Å². The van der Waals surface area contributed by atoms with Gasteiger partial charge in [-0.1, -0.05) is 67.5 Å². The molecule has 168 valence electrons. The predicted molar refractivity (Wildman–Crippen MR) is 128 cm³/mol. The fourth-order valence-electron chi connectivity index (χ4n) is 3.19.